The van der Waals surface area contributed by atoms with E-state index in [2.05, 4.69) is 38.3 Å². The van der Waals surface area contributed by atoms with Crippen LogP contribution in [-0.4, -0.2) is 40.0 Å². The minimum absolute atomic E-state index is 0.235. The summed E-state index contributed by atoms with van der Waals surface area (Å²) < 4.78 is 14.9. The van der Waals surface area contributed by atoms with Gasteiger partial charge in [-0.1, -0.05) is 6.07 Å². The molecular weight excluding hydrogens is 389 g/mol. The van der Waals surface area contributed by atoms with Gasteiger partial charge in [0.25, 0.3) is 0 Å². The van der Waals surface area contributed by atoms with Gasteiger partial charge >= 0.3 is 0 Å². The fraction of sp³-hybridized carbons (Fsp3) is 0.280. The molecule has 5 rings (SSSR count). The van der Waals surface area contributed by atoms with Crippen LogP contribution in [0.5, 0.6) is 0 Å². The van der Waals surface area contributed by atoms with Crippen LogP contribution in [0.4, 0.5) is 10.1 Å². The number of benzene rings is 1. The zero-order chi connectivity index (χ0) is 21.2. The van der Waals surface area contributed by atoms with Crippen LogP contribution >= 0.6 is 0 Å². The van der Waals surface area contributed by atoms with Crippen LogP contribution in [0.1, 0.15) is 30.0 Å². The number of nitrogens with zero attached hydrogens (tertiary/aromatic N) is 3. The van der Waals surface area contributed by atoms with E-state index in [-0.39, 0.29) is 5.82 Å². The van der Waals surface area contributed by atoms with Crippen LogP contribution in [0.2, 0.25) is 0 Å². The van der Waals surface area contributed by atoms with E-state index in [4.69, 9.17) is 0 Å². The summed E-state index contributed by atoms with van der Waals surface area (Å²) >= 11 is 0. The van der Waals surface area contributed by atoms with Crippen molar-refractivity contribution in [3.05, 3.63) is 78.1 Å². The second kappa shape index (κ2) is 8.47. The van der Waals surface area contributed by atoms with E-state index in [1.807, 2.05) is 30.5 Å². The molecule has 0 unspecified atom stereocenters. The molecule has 1 aliphatic heterocycles. The Morgan fingerprint density at radius 2 is 1.97 bits per heavy atom. The zero-order valence-corrected chi connectivity index (χ0v) is 17.6. The third-order valence-electron chi connectivity index (χ3n) is 6.19. The molecule has 2 N–H and O–H groups in total. The number of H-pyrrole nitrogens is 1. The van der Waals surface area contributed by atoms with Gasteiger partial charge in [-0.2, -0.15) is 0 Å². The predicted octanol–water partition coefficient (Wildman–Crippen LogP) is 5.19. The highest BCUT2D eigenvalue weighted by atomic mass is 19.1. The van der Waals surface area contributed by atoms with Gasteiger partial charge < -0.3 is 15.2 Å². The van der Waals surface area contributed by atoms with Gasteiger partial charge in [-0.05, 0) is 80.5 Å². The maximum absolute atomic E-state index is 14.9. The molecule has 0 bridgehead atoms. The third kappa shape index (κ3) is 4.16. The summed E-state index contributed by atoms with van der Waals surface area (Å²) in [5.74, 6) is 0.261. The van der Waals surface area contributed by atoms with Crippen LogP contribution in [-0.2, 0) is 6.54 Å². The van der Waals surface area contributed by atoms with E-state index in [1.54, 1.807) is 18.5 Å². The van der Waals surface area contributed by atoms with Crippen LogP contribution in [0.15, 0.2) is 61.1 Å². The second-order valence-corrected chi connectivity index (χ2v) is 8.33. The lowest BCUT2D eigenvalue weighted by molar-refractivity contribution is 0.254. The van der Waals surface area contributed by atoms with E-state index in [0.717, 1.165) is 53.8 Å². The SMILES string of the molecule is CN1CCC(c2cc3c(-c4cc(NCc5cccnc5)ccc4F)ccnc3[nH]2)CC1. The highest BCUT2D eigenvalue weighted by molar-refractivity contribution is 5.94. The standard InChI is InChI=1S/C25H26FN5/c1-31-11-7-18(8-12-31)24-14-22-20(6-10-28-25(22)30-24)21-13-19(4-5-23(21)26)29-16-17-3-2-9-27-15-17/h2-6,9-10,13-15,18,29H,7-8,11-12,16H2,1H3,(H,28,30). The largest absolute Gasteiger partial charge is 0.381 e. The number of likely N-dealkylation sites (tertiary alicyclic amines) is 1. The van der Waals surface area contributed by atoms with Crippen LogP contribution in [0, 0.1) is 5.82 Å². The van der Waals surface area contributed by atoms with Crippen LogP contribution in [0.25, 0.3) is 22.2 Å². The molecule has 0 amide bonds. The maximum Gasteiger partial charge on any atom is 0.138 e. The van der Waals surface area contributed by atoms with E-state index in [1.165, 1.54) is 11.8 Å². The normalized spacial score (nSPS) is 15.4. The number of aromatic nitrogens is 3. The van der Waals surface area contributed by atoms with Crippen molar-refractivity contribution in [3.63, 3.8) is 0 Å². The van der Waals surface area contributed by atoms with E-state index in [9.17, 15) is 4.39 Å². The van der Waals surface area contributed by atoms with E-state index in [0.29, 0.717) is 18.0 Å². The van der Waals surface area contributed by atoms with Crippen LogP contribution < -0.4 is 5.32 Å². The number of piperidine rings is 1. The molecule has 0 aliphatic carbocycles. The quantitative estimate of drug-likeness (QED) is 0.471. The topological polar surface area (TPSA) is 56.8 Å². The van der Waals surface area contributed by atoms with Crippen molar-refractivity contribution in [3.8, 4) is 11.1 Å². The summed E-state index contributed by atoms with van der Waals surface area (Å²) in [6.07, 6.45) is 7.59. The molecule has 1 saturated heterocycles. The minimum Gasteiger partial charge on any atom is -0.381 e. The number of nitrogens with one attached hydrogen (secondary N) is 2. The predicted molar refractivity (Wildman–Crippen MR) is 123 cm³/mol. The van der Waals surface area contributed by atoms with Crippen molar-refractivity contribution in [2.45, 2.75) is 25.3 Å². The summed E-state index contributed by atoms with van der Waals surface area (Å²) in [4.78, 5) is 14.5. The number of anilines is 1. The van der Waals surface area contributed by atoms with Gasteiger partial charge in [0, 0.05) is 53.4 Å². The lowest BCUT2D eigenvalue weighted by Crippen LogP contribution is -2.29. The monoisotopic (exact) mass is 415 g/mol. The molecule has 5 nitrogen and oxygen atoms in total. The fourth-order valence-electron chi connectivity index (χ4n) is 4.37. The Hall–Kier alpha value is -3.25. The Labute approximate surface area is 181 Å². The lowest BCUT2D eigenvalue weighted by Gasteiger charge is -2.28. The van der Waals surface area contributed by atoms with E-state index >= 15 is 0 Å². The molecule has 6 heteroatoms. The number of fused-ring (bicyclic) bond motifs is 1. The highest BCUT2D eigenvalue weighted by Gasteiger charge is 2.21. The fourth-order valence-corrected chi connectivity index (χ4v) is 4.37. The number of halogens is 1. The summed E-state index contributed by atoms with van der Waals surface area (Å²) in [5.41, 5.74) is 5.42. The average Bonchev–Trinajstić information content (AvgIpc) is 3.24. The van der Waals surface area contributed by atoms with Gasteiger partial charge in [-0.15, -0.1) is 0 Å². The number of hydrogen-bond donors (Lipinski definition) is 2. The first-order valence-electron chi connectivity index (χ1n) is 10.8. The van der Waals surface area contributed by atoms with Crippen molar-refractivity contribution >= 4 is 16.7 Å². The first kappa shape index (κ1) is 19.7. The maximum atomic E-state index is 14.9. The Morgan fingerprint density at radius 1 is 1.10 bits per heavy atom. The Bertz CT molecular complexity index is 1180. The number of hydrogen-bond acceptors (Lipinski definition) is 4. The van der Waals surface area contributed by atoms with Crippen molar-refractivity contribution in [2.24, 2.45) is 0 Å². The third-order valence-corrected chi connectivity index (χ3v) is 6.19. The smallest absolute Gasteiger partial charge is 0.138 e. The number of pyridine rings is 2. The first-order valence-corrected chi connectivity index (χ1v) is 10.8. The summed E-state index contributed by atoms with van der Waals surface area (Å²) in [6.45, 7) is 2.83. The summed E-state index contributed by atoms with van der Waals surface area (Å²) in [6, 6.07) is 13.2. The number of aromatic amines is 1. The summed E-state index contributed by atoms with van der Waals surface area (Å²) in [7, 11) is 2.17. The molecule has 31 heavy (non-hydrogen) atoms. The molecule has 0 spiro atoms. The van der Waals surface area contributed by atoms with Crippen molar-refractivity contribution in [2.75, 3.05) is 25.5 Å². The van der Waals surface area contributed by atoms with Crippen molar-refractivity contribution in [1.29, 1.82) is 0 Å². The average molecular weight is 416 g/mol. The van der Waals surface area contributed by atoms with Gasteiger partial charge in [-0.25, -0.2) is 9.37 Å². The summed E-state index contributed by atoms with van der Waals surface area (Å²) in [5, 5.41) is 4.34. The van der Waals surface area contributed by atoms with E-state index < -0.39 is 0 Å². The van der Waals surface area contributed by atoms with Crippen LogP contribution in [0.3, 0.4) is 0 Å². The molecule has 158 valence electrons. The molecule has 3 aromatic heterocycles. The molecule has 0 atom stereocenters. The van der Waals surface area contributed by atoms with Gasteiger partial charge in [0.15, 0.2) is 0 Å². The second-order valence-electron chi connectivity index (χ2n) is 8.33. The first-order chi connectivity index (χ1) is 15.2. The van der Waals surface area contributed by atoms with Gasteiger partial charge in [0.05, 0.1) is 0 Å². The van der Waals surface area contributed by atoms with Gasteiger partial charge in [-0.3, -0.25) is 4.98 Å². The molecule has 1 fully saturated rings. The Kier molecular flexibility index (Phi) is 5.38. The molecule has 0 saturated carbocycles. The Balaban J connectivity index is 1.45. The Morgan fingerprint density at radius 3 is 2.77 bits per heavy atom. The molecule has 4 aromatic rings. The highest BCUT2D eigenvalue weighted by Crippen LogP contribution is 2.35. The molecular formula is C25H26FN5. The van der Waals surface area contributed by atoms with Crippen molar-refractivity contribution < 1.29 is 4.39 Å². The molecule has 4 heterocycles. The van der Waals surface area contributed by atoms with Gasteiger partial charge in [0.2, 0.25) is 0 Å². The minimum atomic E-state index is -0.235. The van der Waals surface area contributed by atoms with Crippen molar-refractivity contribution in [1.82, 2.24) is 19.9 Å². The molecule has 0 radical (unpaired) electrons. The zero-order valence-electron chi connectivity index (χ0n) is 17.6. The van der Waals surface area contributed by atoms with Gasteiger partial charge in [0.1, 0.15) is 11.5 Å². The lowest BCUT2D eigenvalue weighted by atomic mass is 9.93. The number of rotatable bonds is 5. The molecule has 1 aliphatic rings. The molecule has 1 aromatic carbocycles.